The van der Waals surface area contributed by atoms with Gasteiger partial charge in [-0.2, -0.15) is 0 Å². The molecule has 0 bridgehead atoms. The van der Waals surface area contributed by atoms with Gasteiger partial charge in [-0.15, -0.1) is 0 Å². The van der Waals surface area contributed by atoms with Crippen LogP contribution in [0.5, 0.6) is 5.75 Å². The van der Waals surface area contributed by atoms with E-state index < -0.39 is 11.5 Å². The summed E-state index contributed by atoms with van der Waals surface area (Å²) in [4.78, 5) is 26.8. The lowest BCUT2D eigenvalue weighted by Crippen LogP contribution is -2.62. The Morgan fingerprint density at radius 3 is 2.41 bits per heavy atom. The molecule has 1 unspecified atom stereocenters. The fraction of sp³-hybridized carbons (Fsp3) is 0.333. The number of nitrogens with two attached hydrogens (primary N) is 1. The number of hydrogen-bond acceptors (Lipinski definition) is 4. The minimum Gasteiger partial charge on any atom is -0.492 e. The van der Waals surface area contributed by atoms with Gasteiger partial charge in [-0.05, 0) is 31.5 Å². The van der Waals surface area contributed by atoms with Crippen molar-refractivity contribution in [1.29, 1.82) is 0 Å². The van der Waals surface area contributed by atoms with Gasteiger partial charge in [-0.1, -0.05) is 42.5 Å². The average molecular weight is 367 g/mol. The first-order chi connectivity index (χ1) is 12.9. The SMILES string of the molecule is CCOc1ccccc1NC(=O)C(c1ccccc1)N1CC(C)(C(N)=O)C1. The van der Waals surface area contributed by atoms with Gasteiger partial charge in [-0.25, -0.2) is 0 Å². The average Bonchev–Trinajstić information content (AvgIpc) is 2.63. The number of likely N-dealkylation sites (tertiary alicyclic amines) is 1. The molecule has 0 aliphatic carbocycles. The Morgan fingerprint density at radius 2 is 1.78 bits per heavy atom. The van der Waals surface area contributed by atoms with E-state index in [2.05, 4.69) is 5.32 Å². The van der Waals surface area contributed by atoms with E-state index in [-0.39, 0.29) is 11.8 Å². The van der Waals surface area contributed by atoms with Gasteiger partial charge >= 0.3 is 0 Å². The third-order valence-corrected chi connectivity index (χ3v) is 4.87. The van der Waals surface area contributed by atoms with Gasteiger partial charge in [0.25, 0.3) is 0 Å². The van der Waals surface area contributed by atoms with Crippen molar-refractivity contribution in [2.24, 2.45) is 11.1 Å². The number of anilines is 1. The van der Waals surface area contributed by atoms with Crippen molar-refractivity contribution in [3.63, 3.8) is 0 Å². The van der Waals surface area contributed by atoms with E-state index in [1.165, 1.54) is 0 Å². The molecule has 3 rings (SSSR count). The first-order valence-electron chi connectivity index (χ1n) is 9.06. The number of carbonyl (C=O) groups excluding carboxylic acids is 2. The Kier molecular flexibility index (Phi) is 5.46. The Bertz CT molecular complexity index is 816. The van der Waals surface area contributed by atoms with Crippen molar-refractivity contribution in [1.82, 2.24) is 4.90 Å². The molecule has 2 amide bonds. The predicted molar refractivity (Wildman–Crippen MR) is 104 cm³/mol. The number of primary amides is 1. The van der Waals surface area contributed by atoms with E-state index in [1.807, 2.05) is 73.3 Å². The molecular weight excluding hydrogens is 342 g/mol. The third-order valence-electron chi connectivity index (χ3n) is 4.87. The van der Waals surface area contributed by atoms with E-state index in [9.17, 15) is 9.59 Å². The molecule has 1 saturated heterocycles. The smallest absolute Gasteiger partial charge is 0.246 e. The summed E-state index contributed by atoms with van der Waals surface area (Å²) in [5.41, 5.74) is 6.40. The van der Waals surface area contributed by atoms with Gasteiger partial charge in [0.1, 0.15) is 11.8 Å². The van der Waals surface area contributed by atoms with E-state index in [4.69, 9.17) is 10.5 Å². The van der Waals surface area contributed by atoms with Crippen molar-refractivity contribution < 1.29 is 14.3 Å². The second kappa shape index (κ2) is 7.80. The van der Waals surface area contributed by atoms with Crippen LogP contribution in [-0.2, 0) is 9.59 Å². The summed E-state index contributed by atoms with van der Waals surface area (Å²) in [6, 6.07) is 16.4. The quantitative estimate of drug-likeness (QED) is 0.788. The van der Waals surface area contributed by atoms with Gasteiger partial charge in [-0.3, -0.25) is 14.5 Å². The largest absolute Gasteiger partial charge is 0.492 e. The Hall–Kier alpha value is -2.86. The molecule has 142 valence electrons. The van der Waals surface area contributed by atoms with Gasteiger partial charge < -0.3 is 15.8 Å². The standard InChI is InChI=1S/C21H25N3O3/c1-3-27-17-12-8-7-11-16(17)23-19(25)18(15-9-5-4-6-10-15)24-13-21(2,14-24)20(22)26/h4-12,18H,3,13-14H2,1-2H3,(H2,22,26)(H,23,25). The molecule has 1 atom stereocenters. The van der Waals surface area contributed by atoms with Crippen LogP contribution in [0.2, 0.25) is 0 Å². The summed E-state index contributed by atoms with van der Waals surface area (Å²) < 4.78 is 5.60. The van der Waals surface area contributed by atoms with Crippen LogP contribution in [-0.4, -0.2) is 36.4 Å². The molecule has 1 fully saturated rings. The summed E-state index contributed by atoms with van der Waals surface area (Å²) in [6.45, 7) is 5.13. The summed E-state index contributed by atoms with van der Waals surface area (Å²) in [5.74, 6) is 0.123. The fourth-order valence-corrected chi connectivity index (χ4v) is 3.40. The fourth-order valence-electron chi connectivity index (χ4n) is 3.40. The van der Waals surface area contributed by atoms with Crippen LogP contribution in [0.4, 0.5) is 5.69 Å². The zero-order valence-electron chi connectivity index (χ0n) is 15.6. The minimum atomic E-state index is -0.601. The predicted octanol–water partition coefficient (Wildman–Crippen LogP) is 2.57. The van der Waals surface area contributed by atoms with Crippen LogP contribution >= 0.6 is 0 Å². The van der Waals surface area contributed by atoms with Gasteiger partial charge in [0, 0.05) is 13.1 Å². The number of ether oxygens (including phenoxy) is 1. The number of nitrogens with zero attached hydrogens (tertiary/aromatic N) is 1. The molecule has 6 heteroatoms. The normalized spacial score (nSPS) is 16.8. The highest BCUT2D eigenvalue weighted by atomic mass is 16.5. The van der Waals surface area contributed by atoms with Crippen LogP contribution < -0.4 is 15.8 Å². The summed E-state index contributed by atoms with van der Waals surface area (Å²) in [5, 5.41) is 2.98. The van der Waals surface area contributed by atoms with Crippen molar-refractivity contribution in [3.05, 3.63) is 60.2 Å². The first-order valence-corrected chi connectivity index (χ1v) is 9.06. The maximum Gasteiger partial charge on any atom is 0.246 e. The molecule has 6 nitrogen and oxygen atoms in total. The lowest BCUT2D eigenvalue weighted by Gasteiger charge is -2.49. The molecular formula is C21H25N3O3. The van der Waals surface area contributed by atoms with Crippen LogP contribution in [0.15, 0.2) is 54.6 Å². The highest BCUT2D eigenvalue weighted by Gasteiger charge is 2.48. The Balaban J connectivity index is 1.84. The second-order valence-electron chi connectivity index (χ2n) is 7.06. The zero-order valence-corrected chi connectivity index (χ0v) is 15.6. The maximum absolute atomic E-state index is 13.2. The molecule has 27 heavy (non-hydrogen) atoms. The molecule has 1 aliphatic rings. The van der Waals surface area contributed by atoms with Crippen LogP contribution in [0.1, 0.15) is 25.5 Å². The lowest BCUT2D eigenvalue weighted by atomic mass is 9.79. The summed E-state index contributed by atoms with van der Waals surface area (Å²) >= 11 is 0. The zero-order chi connectivity index (χ0) is 19.4. The molecule has 2 aromatic rings. The Labute approximate surface area is 159 Å². The maximum atomic E-state index is 13.2. The number of para-hydroxylation sites is 2. The number of rotatable bonds is 7. The van der Waals surface area contributed by atoms with Crippen molar-refractivity contribution >= 4 is 17.5 Å². The highest BCUT2D eigenvalue weighted by molar-refractivity contribution is 5.97. The number of carbonyl (C=O) groups is 2. The number of benzene rings is 2. The second-order valence-corrected chi connectivity index (χ2v) is 7.06. The monoisotopic (exact) mass is 367 g/mol. The van der Waals surface area contributed by atoms with Crippen LogP contribution in [0, 0.1) is 5.41 Å². The Morgan fingerprint density at radius 1 is 1.15 bits per heavy atom. The minimum absolute atomic E-state index is 0.167. The van der Waals surface area contributed by atoms with E-state index in [0.717, 1.165) is 5.56 Å². The molecule has 1 aliphatic heterocycles. The molecule has 0 radical (unpaired) electrons. The van der Waals surface area contributed by atoms with Crippen LogP contribution in [0.25, 0.3) is 0 Å². The van der Waals surface area contributed by atoms with E-state index in [0.29, 0.717) is 31.1 Å². The summed E-state index contributed by atoms with van der Waals surface area (Å²) in [6.07, 6.45) is 0. The third kappa shape index (κ3) is 3.95. The van der Waals surface area contributed by atoms with Gasteiger partial charge in [0.15, 0.2) is 0 Å². The molecule has 2 aromatic carbocycles. The molecule has 0 aromatic heterocycles. The molecule has 0 spiro atoms. The van der Waals surface area contributed by atoms with Gasteiger partial charge in [0.05, 0.1) is 17.7 Å². The van der Waals surface area contributed by atoms with Crippen LogP contribution in [0.3, 0.4) is 0 Å². The van der Waals surface area contributed by atoms with Crippen molar-refractivity contribution in [2.75, 3.05) is 25.0 Å². The lowest BCUT2D eigenvalue weighted by molar-refractivity contribution is -0.143. The molecule has 0 saturated carbocycles. The van der Waals surface area contributed by atoms with E-state index in [1.54, 1.807) is 0 Å². The van der Waals surface area contributed by atoms with Crippen molar-refractivity contribution in [2.45, 2.75) is 19.9 Å². The number of hydrogen-bond donors (Lipinski definition) is 2. The van der Waals surface area contributed by atoms with Gasteiger partial charge in [0.2, 0.25) is 11.8 Å². The summed E-state index contributed by atoms with van der Waals surface area (Å²) in [7, 11) is 0. The topological polar surface area (TPSA) is 84.7 Å². The highest BCUT2D eigenvalue weighted by Crippen LogP contribution is 2.37. The number of amides is 2. The molecule has 1 heterocycles. The van der Waals surface area contributed by atoms with Crippen molar-refractivity contribution in [3.8, 4) is 5.75 Å². The number of nitrogens with one attached hydrogen (secondary N) is 1. The van der Waals surface area contributed by atoms with E-state index >= 15 is 0 Å². The molecule has 3 N–H and O–H groups in total. The first kappa shape index (κ1) is 18.9.